The van der Waals surface area contributed by atoms with Gasteiger partial charge in [-0.05, 0) is 32.9 Å². The number of hydrogen-bond acceptors (Lipinski definition) is 6. The van der Waals surface area contributed by atoms with Gasteiger partial charge in [0.05, 0.1) is 26.4 Å². The summed E-state index contributed by atoms with van der Waals surface area (Å²) in [6.45, 7) is 8.96. The smallest absolute Gasteiger partial charge is 0.220 e. The van der Waals surface area contributed by atoms with Crippen LogP contribution >= 0.6 is 0 Å². The van der Waals surface area contributed by atoms with Gasteiger partial charge < -0.3 is 24.8 Å². The molecular weight excluding hydrogens is 336 g/mol. The fourth-order valence-electron chi connectivity index (χ4n) is 2.10. The monoisotopic (exact) mass is 374 g/mol. The summed E-state index contributed by atoms with van der Waals surface area (Å²) < 4.78 is 16.3. The van der Waals surface area contributed by atoms with E-state index in [2.05, 4.69) is 10.6 Å². The number of Topliss-reactive ketones (excluding diaryl/α,β-unsaturated/α-hetero) is 1. The molecule has 0 unspecified atom stereocenters. The van der Waals surface area contributed by atoms with E-state index in [4.69, 9.17) is 14.2 Å². The highest BCUT2D eigenvalue weighted by Gasteiger charge is 2.08. The molecule has 2 N–H and O–H groups in total. The number of rotatable bonds is 19. The van der Waals surface area contributed by atoms with Gasteiger partial charge in [-0.3, -0.25) is 9.59 Å². The molecule has 0 aliphatic carbocycles. The van der Waals surface area contributed by atoms with Gasteiger partial charge in [-0.15, -0.1) is 0 Å². The lowest BCUT2D eigenvalue weighted by molar-refractivity contribution is -0.122. The highest BCUT2D eigenvalue weighted by atomic mass is 16.5. The summed E-state index contributed by atoms with van der Waals surface area (Å²) in [6.07, 6.45) is 3.28. The lowest BCUT2D eigenvalue weighted by Crippen LogP contribution is -2.25. The van der Waals surface area contributed by atoms with Gasteiger partial charge in [-0.1, -0.05) is 13.8 Å². The van der Waals surface area contributed by atoms with Crippen LogP contribution in [0.4, 0.5) is 0 Å². The van der Waals surface area contributed by atoms with Gasteiger partial charge in [0.2, 0.25) is 5.91 Å². The molecule has 0 aromatic rings. The number of amides is 1. The molecule has 0 aliphatic heterocycles. The zero-order chi connectivity index (χ0) is 19.5. The molecule has 0 atom stereocenters. The van der Waals surface area contributed by atoms with E-state index < -0.39 is 0 Å². The zero-order valence-electron chi connectivity index (χ0n) is 16.8. The van der Waals surface area contributed by atoms with Crippen molar-refractivity contribution in [1.82, 2.24) is 10.6 Å². The lowest BCUT2D eigenvalue weighted by Gasteiger charge is -2.08. The van der Waals surface area contributed by atoms with Crippen molar-refractivity contribution in [3.63, 3.8) is 0 Å². The van der Waals surface area contributed by atoms with E-state index in [1.807, 2.05) is 20.9 Å². The van der Waals surface area contributed by atoms with Crippen LogP contribution in [0.3, 0.4) is 0 Å². The van der Waals surface area contributed by atoms with E-state index in [-0.39, 0.29) is 17.6 Å². The first-order valence-corrected chi connectivity index (χ1v) is 9.75. The highest BCUT2D eigenvalue weighted by molar-refractivity contribution is 5.81. The SMILES string of the molecule is CNCCCOCCOCCOCCCNC(=O)CCCC(=O)C(C)C. The van der Waals surface area contributed by atoms with Crippen molar-refractivity contribution >= 4 is 11.7 Å². The molecule has 154 valence electrons. The Morgan fingerprint density at radius 1 is 0.769 bits per heavy atom. The van der Waals surface area contributed by atoms with Gasteiger partial charge in [0.1, 0.15) is 5.78 Å². The molecule has 0 aromatic carbocycles. The number of nitrogens with one attached hydrogen (secondary N) is 2. The Labute approximate surface area is 158 Å². The second kappa shape index (κ2) is 18.8. The first-order valence-electron chi connectivity index (χ1n) is 9.75. The highest BCUT2D eigenvalue weighted by Crippen LogP contribution is 2.04. The van der Waals surface area contributed by atoms with Gasteiger partial charge >= 0.3 is 0 Å². The number of ether oxygens (including phenoxy) is 3. The average Bonchev–Trinajstić information content (AvgIpc) is 2.61. The van der Waals surface area contributed by atoms with E-state index in [0.717, 1.165) is 26.0 Å². The van der Waals surface area contributed by atoms with Crippen molar-refractivity contribution in [3.05, 3.63) is 0 Å². The van der Waals surface area contributed by atoms with Gasteiger partial charge in [-0.2, -0.15) is 0 Å². The minimum atomic E-state index is -0.000364. The summed E-state index contributed by atoms with van der Waals surface area (Å²) in [6, 6.07) is 0. The fourth-order valence-corrected chi connectivity index (χ4v) is 2.10. The van der Waals surface area contributed by atoms with Crippen molar-refractivity contribution in [2.75, 3.05) is 59.8 Å². The van der Waals surface area contributed by atoms with Gasteiger partial charge in [0, 0.05) is 38.5 Å². The molecule has 7 heteroatoms. The van der Waals surface area contributed by atoms with Crippen molar-refractivity contribution < 1.29 is 23.8 Å². The van der Waals surface area contributed by atoms with E-state index in [9.17, 15) is 9.59 Å². The maximum Gasteiger partial charge on any atom is 0.220 e. The van der Waals surface area contributed by atoms with Crippen LogP contribution in [0.15, 0.2) is 0 Å². The van der Waals surface area contributed by atoms with Crippen molar-refractivity contribution in [2.45, 2.75) is 46.0 Å². The van der Waals surface area contributed by atoms with Crippen LogP contribution in [0.25, 0.3) is 0 Å². The quantitative estimate of drug-likeness (QED) is 0.334. The summed E-state index contributed by atoms with van der Waals surface area (Å²) in [7, 11) is 1.93. The third-order valence-corrected chi connectivity index (χ3v) is 3.72. The van der Waals surface area contributed by atoms with Crippen LogP contribution in [0.5, 0.6) is 0 Å². The molecule has 26 heavy (non-hydrogen) atoms. The third kappa shape index (κ3) is 17.8. The molecule has 0 saturated heterocycles. The van der Waals surface area contributed by atoms with Crippen molar-refractivity contribution in [3.8, 4) is 0 Å². The first-order chi connectivity index (χ1) is 12.6. The first kappa shape index (κ1) is 25.0. The van der Waals surface area contributed by atoms with Crippen molar-refractivity contribution in [1.29, 1.82) is 0 Å². The topological polar surface area (TPSA) is 85.9 Å². The normalized spacial score (nSPS) is 11.1. The Kier molecular flexibility index (Phi) is 18.0. The maximum absolute atomic E-state index is 11.6. The molecule has 0 spiro atoms. The second-order valence-corrected chi connectivity index (χ2v) is 6.47. The molecule has 0 aliphatic rings. The predicted octanol–water partition coefficient (Wildman–Crippen LogP) is 1.55. The number of ketones is 1. The third-order valence-electron chi connectivity index (χ3n) is 3.72. The molecule has 7 nitrogen and oxygen atoms in total. The number of carbonyl (C=O) groups is 2. The van der Waals surface area contributed by atoms with E-state index >= 15 is 0 Å². The minimum Gasteiger partial charge on any atom is -0.379 e. The summed E-state index contributed by atoms with van der Waals surface area (Å²) in [5.41, 5.74) is 0. The zero-order valence-corrected chi connectivity index (χ0v) is 16.8. The Morgan fingerprint density at radius 2 is 1.31 bits per heavy atom. The molecule has 0 rings (SSSR count). The summed E-state index contributed by atoms with van der Waals surface area (Å²) in [4.78, 5) is 23.1. The summed E-state index contributed by atoms with van der Waals surface area (Å²) >= 11 is 0. The van der Waals surface area contributed by atoms with E-state index in [0.29, 0.717) is 58.8 Å². The molecular formula is C19H38N2O5. The Hall–Kier alpha value is -1.02. The molecule has 0 radical (unpaired) electrons. The maximum atomic E-state index is 11.6. The Morgan fingerprint density at radius 3 is 1.85 bits per heavy atom. The minimum absolute atomic E-state index is 0.000364. The number of carbonyl (C=O) groups excluding carboxylic acids is 2. The van der Waals surface area contributed by atoms with Crippen molar-refractivity contribution in [2.24, 2.45) is 5.92 Å². The fraction of sp³-hybridized carbons (Fsp3) is 0.895. The Bertz CT molecular complexity index is 351. The van der Waals surface area contributed by atoms with E-state index in [1.54, 1.807) is 0 Å². The van der Waals surface area contributed by atoms with Crippen LogP contribution in [0.1, 0.15) is 46.0 Å². The summed E-state index contributed by atoms with van der Waals surface area (Å²) in [5.74, 6) is 0.267. The lowest BCUT2D eigenvalue weighted by atomic mass is 10.0. The molecule has 0 saturated carbocycles. The summed E-state index contributed by atoms with van der Waals surface area (Å²) in [5, 5.41) is 5.91. The molecule has 0 aromatic heterocycles. The molecule has 0 heterocycles. The molecule has 0 bridgehead atoms. The van der Waals surface area contributed by atoms with Crippen LogP contribution in [-0.4, -0.2) is 71.5 Å². The predicted molar refractivity (Wildman–Crippen MR) is 102 cm³/mol. The molecule has 1 amide bonds. The Balaban J connectivity index is 3.21. The standard InChI is InChI=1S/C19H38N2O5/c1-17(2)18(22)7-4-8-19(23)21-10-6-12-25-14-16-26-15-13-24-11-5-9-20-3/h17,20H,4-16H2,1-3H3,(H,21,23). The van der Waals surface area contributed by atoms with Gasteiger partial charge in [0.25, 0.3) is 0 Å². The van der Waals surface area contributed by atoms with Crippen LogP contribution < -0.4 is 10.6 Å². The van der Waals surface area contributed by atoms with Gasteiger partial charge in [0.15, 0.2) is 0 Å². The van der Waals surface area contributed by atoms with Crippen LogP contribution in [0.2, 0.25) is 0 Å². The largest absolute Gasteiger partial charge is 0.379 e. The average molecular weight is 375 g/mol. The van der Waals surface area contributed by atoms with Gasteiger partial charge in [-0.25, -0.2) is 0 Å². The number of hydrogen-bond donors (Lipinski definition) is 2. The van der Waals surface area contributed by atoms with Crippen LogP contribution in [0, 0.1) is 5.92 Å². The second-order valence-electron chi connectivity index (χ2n) is 6.47. The molecule has 0 fully saturated rings. The van der Waals surface area contributed by atoms with E-state index in [1.165, 1.54) is 0 Å². The van der Waals surface area contributed by atoms with Crippen LogP contribution in [-0.2, 0) is 23.8 Å².